The molecule has 1 atom stereocenters. The van der Waals surface area contributed by atoms with Crippen LogP contribution in [-0.4, -0.2) is 13.0 Å². The Morgan fingerprint density at radius 1 is 0.939 bits per heavy atom. The van der Waals surface area contributed by atoms with Gasteiger partial charge in [-0.1, -0.05) is 36.4 Å². The summed E-state index contributed by atoms with van der Waals surface area (Å²) in [7, 11) is 1.62. The monoisotopic (exact) mass is 435 g/mol. The molecule has 1 amide bonds. The molecule has 0 radical (unpaired) electrons. The van der Waals surface area contributed by atoms with E-state index in [1.54, 1.807) is 24.4 Å². The van der Waals surface area contributed by atoms with E-state index < -0.39 is 5.54 Å². The van der Waals surface area contributed by atoms with Crippen LogP contribution in [0.4, 0.5) is 11.4 Å². The van der Waals surface area contributed by atoms with E-state index in [2.05, 4.69) is 10.6 Å². The van der Waals surface area contributed by atoms with Crippen molar-refractivity contribution in [2.24, 2.45) is 0 Å². The molecule has 3 heterocycles. The number of para-hydroxylation sites is 2. The number of rotatable bonds is 3. The fourth-order valence-corrected chi connectivity index (χ4v) is 4.53. The summed E-state index contributed by atoms with van der Waals surface area (Å²) in [5, 5.41) is 7.60. The van der Waals surface area contributed by atoms with Crippen molar-refractivity contribution in [2.45, 2.75) is 5.54 Å². The largest absolute Gasteiger partial charge is 0.497 e. The molecule has 0 saturated carbocycles. The average Bonchev–Trinajstić information content (AvgIpc) is 3.28. The predicted molar refractivity (Wildman–Crippen MR) is 128 cm³/mol. The van der Waals surface area contributed by atoms with Crippen molar-refractivity contribution in [1.82, 2.24) is 10.6 Å². The molecular weight excluding hydrogens is 414 g/mol. The number of amides is 1. The molecule has 1 unspecified atom stereocenters. The van der Waals surface area contributed by atoms with E-state index in [1.807, 2.05) is 84.9 Å². The quantitative estimate of drug-likeness (QED) is 0.473. The molecule has 4 aromatic rings. The lowest BCUT2D eigenvalue weighted by molar-refractivity contribution is -0.121. The van der Waals surface area contributed by atoms with Crippen molar-refractivity contribution >= 4 is 33.9 Å². The standard InChI is InChI=1S/C27H21N3O3/c1-32-20-11-12-23-21(16-20)27(26(31)30(23)19-8-3-2-4-9-19)17-22(28-13-14-29-27)25-15-18-7-5-6-10-24(18)33-25/h2-17,28-29H,1H3. The molecule has 0 bridgehead atoms. The number of hydrogen-bond acceptors (Lipinski definition) is 5. The van der Waals surface area contributed by atoms with Crippen LogP contribution in [0.5, 0.6) is 5.75 Å². The van der Waals surface area contributed by atoms with Crippen molar-refractivity contribution in [2.75, 3.05) is 12.0 Å². The van der Waals surface area contributed by atoms with Crippen LogP contribution in [0.1, 0.15) is 11.3 Å². The second-order valence-corrected chi connectivity index (χ2v) is 8.00. The second kappa shape index (κ2) is 7.31. The van der Waals surface area contributed by atoms with E-state index in [9.17, 15) is 4.79 Å². The van der Waals surface area contributed by atoms with E-state index in [-0.39, 0.29) is 5.91 Å². The number of anilines is 2. The number of carbonyl (C=O) groups is 1. The predicted octanol–water partition coefficient (Wildman–Crippen LogP) is 5.02. The Bertz CT molecular complexity index is 1400. The first-order valence-electron chi connectivity index (χ1n) is 10.7. The molecule has 0 fully saturated rings. The van der Waals surface area contributed by atoms with Gasteiger partial charge < -0.3 is 19.8 Å². The van der Waals surface area contributed by atoms with Crippen molar-refractivity contribution < 1.29 is 13.9 Å². The number of furan rings is 1. The molecule has 2 aliphatic rings. The third kappa shape index (κ3) is 2.91. The second-order valence-electron chi connectivity index (χ2n) is 8.00. The van der Waals surface area contributed by atoms with Crippen molar-refractivity contribution in [3.8, 4) is 5.75 Å². The third-order valence-corrected chi connectivity index (χ3v) is 6.11. The molecule has 6 nitrogen and oxygen atoms in total. The first-order valence-corrected chi connectivity index (χ1v) is 10.7. The van der Waals surface area contributed by atoms with Gasteiger partial charge >= 0.3 is 0 Å². The van der Waals surface area contributed by atoms with Gasteiger partial charge in [-0.15, -0.1) is 0 Å². The summed E-state index contributed by atoms with van der Waals surface area (Å²) in [6.45, 7) is 0. The highest BCUT2D eigenvalue weighted by atomic mass is 16.5. The summed E-state index contributed by atoms with van der Waals surface area (Å²) >= 11 is 0. The lowest BCUT2D eigenvalue weighted by atomic mass is 9.89. The minimum atomic E-state index is -1.14. The lowest BCUT2D eigenvalue weighted by Crippen LogP contribution is -2.46. The van der Waals surface area contributed by atoms with Crippen molar-refractivity contribution in [3.05, 3.63) is 109 Å². The third-order valence-electron chi connectivity index (χ3n) is 6.11. The highest BCUT2D eigenvalue weighted by Crippen LogP contribution is 2.47. The van der Waals surface area contributed by atoms with E-state index in [4.69, 9.17) is 9.15 Å². The van der Waals surface area contributed by atoms with E-state index in [0.29, 0.717) is 17.2 Å². The van der Waals surface area contributed by atoms with Crippen LogP contribution in [-0.2, 0) is 10.3 Å². The summed E-state index contributed by atoms with van der Waals surface area (Å²) in [4.78, 5) is 15.9. The van der Waals surface area contributed by atoms with Gasteiger partial charge in [-0.3, -0.25) is 9.69 Å². The summed E-state index contributed by atoms with van der Waals surface area (Å²) in [6.07, 6.45) is 5.42. The van der Waals surface area contributed by atoms with Crippen LogP contribution in [0.25, 0.3) is 16.7 Å². The number of nitrogens with one attached hydrogen (secondary N) is 2. The Balaban J connectivity index is 1.57. The highest BCUT2D eigenvalue weighted by molar-refractivity contribution is 6.14. The van der Waals surface area contributed by atoms with Gasteiger partial charge in [0.2, 0.25) is 0 Å². The van der Waals surface area contributed by atoms with Crippen LogP contribution in [0.15, 0.2) is 102 Å². The van der Waals surface area contributed by atoms with E-state index in [0.717, 1.165) is 27.9 Å². The fraction of sp³-hybridized carbons (Fsp3) is 0.0741. The Hall–Kier alpha value is -4.45. The van der Waals surface area contributed by atoms with Gasteiger partial charge in [-0.25, -0.2) is 0 Å². The van der Waals surface area contributed by atoms with Gasteiger partial charge in [0.15, 0.2) is 11.3 Å². The number of methoxy groups -OCH3 is 1. The first kappa shape index (κ1) is 19.3. The lowest BCUT2D eigenvalue weighted by Gasteiger charge is -2.26. The number of benzene rings is 3. The Morgan fingerprint density at radius 2 is 1.76 bits per heavy atom. The topological polar surface area (TPSA) is 66.7 Å². The Kier molecular flexibility index (Phi) is 4.26. The maximum atomic E-state index is 14.1. The van der Waals surface area contributed by atoms with Gasteiger partial charge in [-0.2, -0.15) is 0 Å². The summed E-state index contributed by atoms with van der Waals surface area (Å²) < 4.78 is 11.6. The van der Waals surface area contributed by atoms with Crippen molar-refractivity contribution in [3.63, 3.8) is 0 Å². The smallest absolute Gasteiger partial charge is 0.266 e. The van der Waals surface area contributed by atoms with Gasteiger partial charge in [-0.05, 0) is 48.5 Å². The number of ether oxygens (including phenoxy) is 1. The maximum Gasteiger partial charge on any atom is 0.266 e. The first-order chi connectivity index (χ1) is 16.2. The number of fused-ring (bicyclic) bond motifs is 3. The van der Waals surface area contributed by atoms with Crippen LogP contribution in [0.2, 0.25) is 0 Å². The molecule has 3 aromatic carbocycles. The van der Waals surface area contributed by atoms with Gasteiger partial charge in [0.1, 0.15) is 11.3 Å². The number of nitrogens with zero attached hydrogens (tertiary/aromatic N) is 1. The van der Waals surface area contributed by atoms with Gasteiger partial charge in [0.25, 0.3) is 5.91 Å². The molecule has 6 rings (SSSR count). The summed E-state index contributed by atoms with van der Waals surface area (Å²) in [5.74, 6) is 1.22. The normalized spacial score (nSPS) is 19.1. The fourth-order valence-electron chi connectivity index (χ4n) is 4.53. The molecule has 33 heavy (non-hydrogen) atoms. The van der Waals surface area contributed by atoms with Crippen LogP contribution in [0, 0.1) is 0 Å². The zero-order valence-corrected chi connectivity index (χ0v) is 17.9. The zero-order valence-electron chi connectivity index (χ0n) is 17.9. The van der Waals surface area contributed by atoms with Gasteiger partial charge in [0, 0.05) is 29.0 Å². The molecule has 162 valence electrons. The summed E-state index contributed by atoms with van der Waals surface area (Å²) in [5.41, 5.74) is 2.74. The molecule has 2 aliphatic heterocycles. The van der Waals surface area contributed by atoms with Crippen LogP contribution >= 0.6 is 0 Å². The molecule has 1 spiro atoms. The van der Waals surface area contributed by atoms with Crippen LogP contribution in [0.3, 0.4) is 0 Å². The van der Waals surface area contributed by atoms with E-state index in [1.165, 1.54) is 0 Å². The number of hydrogen-bond donors (Lipinski definition) is 2. The Labute approximate surface area is 190 Å². The minimum absolute atomic E-state index is 0.112. The van der Waals surface area contributed by atoms with Crippen molar-refractivity contribution in [1.29, 1.82) is 0 Å². The zero-order chi connectivity index (χ0) is 22.4. The van der Waals surface area contributed by atoms with E-state index >= 15 is 0 Å². The molecule has 1 aromatic heterocycles. The molecule has 0 aliphatic carbocycles. The van der Waals surface area contributed by atoms with Crippen LogP contribution < -0.4 is 20.3 Å². The average molecular weight is 435 g/mol. The molecule has 6 heteroatoms. The molecule has 2 N–H and O–H groups in total. The SMILES string of the molecule is COc1ccc2c(c1)C1(C=C(c3cc4ccccc4o3)NC=CN1)C(=O)N2c1ccccc1. The summed E-state index contributed by atoms with van der Waals surface area (Å²) in [6, 6.07) is 25.2. The maximum absolute atomic E-state index is 14.1. The molecular formula is C27H21N3O3. The Morgan fingerprint density at radius 3 is 2.58 bits per heavy atom. The number of carbonyl (C=O) groups excluding carboxylic acids is 1. The minimum Gasteiger partial charge on any atom is -0.497 e. The molecule has 0 saturated heterocycles. The highest BCUT2D eigenvalue weighted by Gasteiger charge is 2.51. The van der Waals surface area contributed by atoms with Gasteiger partial charge in [0.05, 0.1) is 18.5 Å².